The van der Waals surface area contributed by atoms with Crippen LogP contribution in [0, 0.1) is 18.3 Å². The number of rotatable bonds is 3. The van der Waals surface area contributed by atoms with Crippen LogP contribution in [0.15, 0.2) is 24.9 Å². The summed E-state index contributed by atoms with van der Waals surface area (Å²) < 4.78 is 5.28. The molecule has 0 saturated heterocycles. The van der Waals surface area contributed by atoms with Gasteiger partial charge < -0.3 is 4.74 Å². The molecular weight excluding hydrogens is 164 g/mol. The number of nitriles is 1. The van der Waals surface area contributed by atoms with E-state index < -0.39 is 0 Å². The summed E-state index contributed by atoms with van der Waals surface area (Å²) >= 11 is 0. The van der Waals surface area contributed by atoms with Crippen LogP contribution in [0.25, 0.3) is 0 Å². The zero-order chi connectivity index (χ0) is 9.68. The molecule has 0 aliphatic rings. The topological polar surface area (TPSA) is 45.9 Å². The molecule has 0 aromatic carbocycles. The SMILES string of the molecule is C=CCOc1cc(C)ncc1C#N. The van der Waals surface area contributed by atoms with E-state index in [1.807, 2.05) is 13.0 Å². The largest absolute Gasteiger partial charge is 0.488 e. The third-order valence-electron chi connectivity index (χ3n) is 1.48. The summed E-state index contributed by atoms with van der Waals surface area (Å²) in [5.74, 6) is 0.565. The molecular formula is C10H10N2O. The standard InChI is InChI=1S/C10H10N2O/c1-3-4-13-10-5-8(2)12-7-9(10)6-11/h3,5,7H,1,4H2,2H3. The number of aryl methyl sites for hydroxylation is 1. The summed E-state index contributed by atoms with van der Waals surface area (Å²) in [4.78, 5) is 3.99. The van der Waals surface area contributed by atoms with Gasteiger partial charge in [0, 0.05) is 18.0 Å². The minimum Gasteiger partial charge on any atom is -0.488 e. The van der Waals surface area contributed by atoms with Gasteiger partial charge in [0.25, 0.3) is 0 Å². The minimum absolute atomic E-state index is 0.401. The molecule has 0 atom stereocenters. The normalized spacial score (nSPS) is 8.92. The van der Waals surface area contributed by atoms with E-state index in [4.69, 9.17) is 10.00 Å². The Hall–Kier alpha value is -1.82. The number of aromatic nitrogens is 1. The third-order valence-corrected chi connectivity index (χ3v) is 1.48. The second kappa shape index (κ2) is 4.27. The summed E-state index contributed by atoms with van der Waals surface area (Å²) in [6.45, 7) is 5.78. The predicted octanol–water partition coefficient (Wildman–Crippen LogP) is 1.83. The molecule has 1 rings (SSSR count). The lowest BCUT2D eigenvalue weighted by atomic mass is 10.2. The molecule has 0 fully saturated rings. The Morgan fingerprint density at radius 2 is 2.54 bits per heavy atom. The van der Waals surface area contributed by atoms with E-state index in [1.54, 1.807) is 12.1 Å². The zero-order valence-electron chi connectivity index (χ0n) is 7.45. The van der Waals surface area contributed by atoms with Crippen molar-refractivity contribution in [2.75, 3.05) is 6.61 Å². The van der Waals surface area contributed by atoms with Crippen molar-refractivity contribution in [2.45, 2.75) is 6.92 Å². The summed E-state index contributed by atoms with van der Waals surface area (Å²) in [6, 6.07) is 3.75. The van der Waals surface area contributed by atoms with E-state index in [0.717, 1.165) is 5.69 Å². The molecule has 0 saturated carbocycles. The van der Waals surface area contributed by atoms with Crippen molar-refractivity contribution < 1.29 is 4.74 Å². The molecule has 3 heteroatoms. The summed E-state index contributed by atoms with van der Waals surface area (Å²) in [7, 11) is 0. The Bertz CT molecular complexity index is 352. The first kappa shape index (κ1) is 9.27. The fraction of sp³-hybridized carbons (Fsp3) is 0.200. The van der Waals surface area contributed by atoms with E-state index in [0.29, 0.717) is 17.9 Å². The van der Waals surface area contributed by atoms with E-state index in [2.05, 4.69) is 11.6 Å². The monoisotopic (exact) mass is 174 g/mol. The van der Waals surface area contributed by atoms with Crippen LogP contribution in [0.5, 0.6) is 5.75 Å². The maximum Gasteiger partial charge on any atom is 0.140 e. The molecule has 0 aliphatic heterocycles. The van der Waals surface area contributed by atoms with Crippen LogP contribution in [0.2, 0.25) is 0 Å². The molecule has 0 radical (unpaired) electrons. The van der Waals surface area contributed by atoms with E-state index >= 15 is 0 Å². The van der Waals surface area contributed by atoms with Gasteiger partial charge in [-0.05, 0) is 6.92 Å². The Kier molecular flexibility index (Phi) is 3.04. The van der Waals surface area contributed by atoms with Crippen LogP contribution in [-0.2, 0) is 0 Å². The number of hydrogen-bond donors (Lipinski definition) is 0. The highest BCUT2D eigenvalue weighted by Crippen LogP contribution is 2.17. The highest BCUT2D eigenvalue weighted by molar-refractivity contribution is 5.41. The Labute approximate surface area is 77.3 Å². The van der Waals surface area contributed by atoms with E-state index in [1.165, 1.54) is 6.20 Å². The molecule has 1 aromatic heterocycles. The number of nitrogens with zero attached hydrogens (tertiary/aromatic N) is 2. The molecule has 0 N–H and O–H groups in total. The van der Waals surface area contributed by atoms with Gasteiger partial charge in [-0.1, -0.05) is 12.7 Å². The van der Waals surface area contributed by atoms with Crippen LogP contribution in [-0.4, -0.2) is 11.6 Å². The molecule has 0 aliphatic carbocycles. The Morgan fingerprint density at radius 1 is 1.77 bits per heavy atom. The van der Waals surface area contributed by atoms with Crippen molar-refractivity contribution >= 4 is 0 Å². The van der Waals surface area contributed by atoms with E-state index in [-0.39, 0.29) is 0 Å². The second-order valence-corrected chi connectivity index (χ2v) is 2.53. The lowest BCUT2D eigenvalue weighted by Crippen LogP contribution is -1.97. The predicted molar refractivity (Wildman–Crippen MR) is 49.4 cm³/mol. The van der Waals surface area contributed by atoms with Crippen molar-refractivity contribution in [2.24, 2.45) is 0 Å². The van der Waals surface area contributed by atoms with Gasteiger partial charge in [0.1, 0.15) is 24.0 Å². The van der Waals surface area contributed by atoms with Crippen molar-refractivity contribution in [3.63, 3.8) is 0 Å². The smallest absolute Gasteiger partial charge is 0.140 e. The average Bonchev–Trinajstić information content (AvgIpc) is 2.15. The Balaban J connectivity index is 2.95. The molecule has 0 bridgehead atoms. The maximum absolute atomic E-state index is 8.71. The van der Waals surface area contributed by atoms with Gasteiger partial charge in [-0.2, -0.15) is 5.26 Å². The minimum atomic E-state index is 0.401. The number of hydrogen-bond acceptors (Lipinski definition) is 3. The lowest BCUT2D eigenvalue weighted by molar-refractivity contribution is 0.361. The maximum atomic E-state index is 8.71. The summed E-state index contributed by atoms with van der Waals surface area (Å²) in [5.41, 5.74) is 1.28. The first-order valence-electron chi connectivity index (χ1n) is 3.88. The zero-order valence-corrected chi connectivity index (χ0v) is 7.45. The molecule has 1 heterocycles. The Morgan fingerprint density at radius 3 is 3.15 bits per heavy atom. The molecule has 1 aromatic rings. The highest BCUT2D eigenvalue weighted by Gasteiger charge is 2.02. The molecule has 0 unspecified atom stereocenters. The van der Waals surface area contributed by atoms with Crippen molar-refractivity contribution in [3.05, 3.63) is 36.2 Å². The van der Waals surface area contributed by atoms with Gasteiger partial charge in [0.2, 0.25) is 0 Å². The fourth-order valence-electron chi connectivity index (χ4n) is 0.887. The van der Waals surface area contributed by atoms with Crippen LogP contribution in [0.3, 0.4) is 0 Å². The van der Waals surface area contributed by atoms with Crippen LogP contribution in [0.1, 0.15) is 11.3 Å². The summed E-state index contributed by atoms with van der Waals surface area (Å²) in [5, 5.41) is 8.71. The van der Waals surface area contributed by atoms with E-state index in [9.17, 15) is 0 Å². The average molecular weight is 174 g/mol. The number of ether oxygens (including phenoxy) is 1. The molecule has 0 amide bonds. The fourth-order valence-corrected chi connectivity index (χ4v) is 0.887. The number of pyridine rings is 1. The van der Waals surface area contributed by atoms with Gasteiger partial charge in [-0.3, -0.25) is 4.98 Å². The van der Waals surface area contributed by atoms with Gasteiger partial charge in [-0.15, -0.1) is 0 Å². The van der Waals surface area contributed by atoms with Crippen LogP contribution < -0.4 is 4.74 Å². The molecule has 3 nitrogen and oxygen atoms in total. The van der Waals surface area contributed by atoms with Gasteiger partial charge in [0.15, 0.2) is 0 Å². The lowest BCUT2D eigenvalue weighted by Gasteiger charge is -2.04. The quantitative estimate of drug-likeness (QED) is 0.656. The van der Waals surface area contributed by atoms with Crippen molar-refractivity contribution in [3.8, 4) is 11.8 Å². The second-order valence-electron chi connectivity index (χ2n) is 2.53. The van der Waals surface area contributed by atoms with Crippen LogP contribution in [0.4, 0.5) is 0 Å². The van der Waals surface area contributed by atoms with Gasteiger partial charge in [0.05, 0.1) is 0 Å². The highest BCUT2D eigenvalue weighted by atomic mass is 16.5. The molecule has 0 spiro atoms. The van der Waals surface area contributed by atoms with Gasteiger partial charge in [-0.25, -0.2) is 0 Å². The summed E-state index contributed by atoms with van der Waals surface area (Å²) in [6.07, 6.45) is 3.14. The first-order chi connectivity index (χ1) is 6.27. The third kappa shape index (κ3) is 2.31. The van der Waals surface area contributed by atoms with Crippen molar-refractivity contribution in [1.29, 1.82) is 5.26 Å². The van der Waals surface area contributed by atoms with Crippen LogP contribution >= 0.6 is 0 Å². The molecule has 13 heavy (non-hydrogen) atoms. The van der Waals surface area contributed by atoms with Gasteiger partial charge >= 0.3 is 0 Å². The van der Waals surface area contributed by atoms with Crippen molar-refractivity contribution in [1.82, 2.24) is 4.98 Å². The molecule has 66 valence electrons. The first-order valence-corrected chi connectivity index (χ1v) is 3.88.